The Labute approximate surface area is 206 Å². The van der Waals surface area contributed by atoms with Gasteiger partial charge in [-0.3, -0.25) is 0 Å². The maximum atomic E-state index is 7.07. The van der Waals surface area contributed by atoms with Gasteiger partial charge in [0.05, 0.1) is 12.8 Å². The van der Waals surface area contributed by atoms with Crippen LogP contribution in [0.5, 0.6) is 5.75 Å². The number of halogens is 4. The lowest BCUT2D eigenvalue weighted by molar-refractivity contribution is 0.414. The summed E-state index contributed by atoms with van der Waals surface area (Å²) < 4.78 is 3.06. The van der Waals surface area contributed by atoms with E-state index in [-0.39, 0.29) is 5.92 Å². The standard InChI is InChI=1S/C24H19Cl4NOS/c1-30-18-13-11-16(12-14-18)19-15-22(17-7-3-2-4-8-17)24(27,28)29(22)20-9-5-6-10-21(20)31-23(19,25)26/h2-14,19H,15H2,1H3. The van der Waals surface area contributed by atoms with Crippen LogP contribution in [0.1, 0.15) is 23.5 Å². The quantitative estimate of drug-likeness (QED) is 0.201. The maximum absolute atomic E-state index is 7.07. The summed E-state index contributed by atoms with van der Waals surface area (Å²) in [6.07, 6.45) is 0.546. The molecule has 5 rings (SSSR count). The summed E-state index contributed by atoms with van der Waals surface area (Å²) in [4.78, 5) is 3.02. The Balaban J connectivity index is 1.72. The molecule has 0 bridgehead atoms. The fourth-order valence-electron chi connectivity index (χ4n) is 4.56. The van der Waals surface area contributed by atoms with Crippen molar-refractivity contribution in [3.8, 4) is 5.75 Å². The van der Waals surface area contributed by atoms with Gasteiger partial charge < -0.3 is 9.64 Å². The van der Waals surface area contributed by atoms with Crippen LogP contribution in [0.25, 0.3) is 0 Å². The van der Waals surface area contributed by atoms with Crippen LogP contribution in [0.15, 0.2) is 83.8 Å². The Kier molecular flexibility index (Phi) is 5.35. The zero-order valence-corrected chi connectivity index (χ0v) is 20.4. The number of para-hydroxylation sites is 1. The molecule has 0 N–H and O–H groups in total. The van der Waals surface area contributed by atoms with Crippen molar-refractivity contribution in [1.82, 2.24) is 0 Å². The first-order valence-electron chi connectivity index (χ1n) is 9.85. The fourth-order valence-corrected chi connectivity index (χ4v) is 7.46. The first kappa shape index (κ1) is 21.6. The molecular formula is C24H19Cl4NOS. The predicted molar refractivity (Wildman–Crippen MR) is 132 cm³/mol. The summed E-state index contributed by atoms with van der Waals surface area (Å²) in [5.74, 6) is 0.527. The third-order valence-electron chi connectivity index (χ3n) is 6.14. The molecule has 1 fully saturated rings. The second kappa shape index (κ2) is 7.67. The minimum atomic E-state index is -1.13. The zero-order chi connectivity index (χ0) is 21.9. The minimum Gasteiger partial charge on any atom is -0.497 e. The molecular weight excluding hydrogens is 492 g/mol. The van der Waals surface area contributed by atoms with E-state index in [0.29, 0.717) is 6.42 Å². The first-order chi connectivity index (χ1) is 14.8. The van der Waals surface area contributed by atoms with Gasteiger partial charge in [0.15, 0.2) is 3.67 Å². The summed E-state index contributed by atoms with van der Waals surface area (Å²) in [6, 6.07) is 25.9. The number of fused-ring (bicyclic) bond motifs is 3. The smallest absolute Gasteiger partial charge is 0.219 e. The molecule has 0 radical (unpaired) electrons. The Hall–Kier alpha value is -1.23. The lowest BCUT2D eigenvalue weighted by Gasteiger charge is -2.36. The van der Waals surface area contributed by atoms with Crippen molar-refractivity contribution in [2.75, 3.05) is 12.0 Å². The molecule has 3 aromatic carbocycles. The van der Waals surface area contributed by atoms with Gasteiger partial charge in [0, 0.05) is 10.8 Å². The number of benzene rings is 3. The number of thioether (sulfide) groups is 1. The number of nitrogens with zero attached hydrogens (tertiary/aromatic N) is 1. The Morgan fingerprint density at radius 1 is 0.871 bits per heavy atom. The molecule has 0 spiro atoms. The number of hydrogen-bond acceptors (Lipinski definition) is 3. The number of alkyl halides is 4. The van der Waals surface area contributed by atoms with Crippen molar-refractivity contribution in [2.45, 2.75) is 30.9 Å². The van der Waals surface area contributed by atoms with E-state index in [1.54, 1.807) is 7.11 Å². The van der Waals surface area contributed by atoms with Gasteiger partial charge in [-0.25, -0.2) is 0 Å². The lowest BCUT2D eigenvalue weighted by atomic mass is 9.84. The zero-order valence-electron chi connectivity index (χ0n) is 16.6. The van der Waals surface area contributed by atoms with Crippen molar-refractivity contribution in [1.29, 1.82) is 0 Å². The van der Waals surface area contributed by atoms with E-state index in [1.807, 2.05) is 66.7 Å². The van der Waals surface area contributed by atoms with Gasteiger partial charge in [0.2, 0.25) is 4.46 Å². The monoisotopic (exact) mass is 509 g/mol. The molecule has 0 aromatic heterocycles. The van der Waals surface area contributed by atoms with Gasteiger partial charge in [-0.05, 0) is 41.8 Å². The van der Waals surface area contributed by atoms with Crippen LogP contribution in [0, 0.1) is 0 Å². The SMILES string of the molecule is COc1ccc(C2CC3(c4ccccc4)N(c4ccccc4SC2(Cl)Cl)C3(Cl)Cl)cc1. The summed E-state index contributed by atoms with van der Waals surface area (Å²) >= 11 is 29.7. The van der Waals surface area contributed by atoms with Gasteiger partial charge >= 0.3 is 0 Å². The van der Waals surface area contributed by atoms with Crippen LogP contribution < -0.4 is 9.64 Å². The molecule has 2 aliphatic rings. The number of ether oxygens (including phenoxy) is 1. The third kappa shape index (κ3) is 3.32. The molecule has 160 valence electrons. The summed E-state index contributed by atoms with van der Waals surface area (Å²) in [5.41, 5.74) is 2.29. The molecule has 0 saturated carbocycles. The van der Waals surface area contributed by atoms with E-state index in [9.17, 15) is 0 Å². The van der Waals surface area contributed by atoms with Crippen LogP contribution in [0.3, 0.4) is 0 Å². The van der Waals surface area contributed by atoms with E-state index in [2.05, 4.69) is 17.0 Å². The van der Waals surface area contributed by atoms with Gasteiger partial charge in [-0.2, -0.15) is 0 Å². The minimum absolute atomic E-state index is 0.248. The first-order valence-corrected chi connectivity index (χ1v) is 12.2. The molecule has 2 unspecified atom stereocenters. The largest absolute Gasteiger partial charge is 0.497 e. The highest BCUT2D eigenvalue weighted by atomic mass is 35.5. The molecule has 0 amide bonds. The van der Waals surface area contributed by atoms with E-state index >= 15 is 0 Å². The molecule has 2 aliphatic heterocycles. The van der Waals surface area contributed by atoms with E-state index < -0.39 is 13.7 Å². The van der Waals surface area contributed by atoms with Crippen molar-refractivity contribution >= 4 is 63.9 Å². The number of rotatable bonds is 3. The molecule has 2 nitrogen and oxygen atoms in total. The van der Waals surface area contributed by atoms with Gasteiger partial charge in [-0.1, -0.05) is 113 Å². The molecule has 3 aromatic rings. The van der Waals surface area contributed by atoms with Crippen molar-refractivity contribution in [3.63, 3.8) is 0 Å². The molecule has 0 aliphatic carbocycles. The van der Waals surface area contributed by atoms with Crippen LogP contribution in [-0.2, 0) is 5.54 Å². The number of anilines is 1. The Morgan fingerprint density at radius 2 is 1.52 bits per heavy atom. The molecule has 2 heterocycles. The molecule has 2 atom stereocenters. The topological polar surface area (TPSA) is 12.2 Å². The average Bonchev–Trinajstić information content (AvgIpc) is 3.26. The van der Waals surface area contributed by atoms with E-state index in [4.69, 9.17) is 51.1 Å². The Bertz CT molecular complexity index is 1110. The van der Waals surface area contributed by atoms with Crippen LogP contribution in [0.4, 0.5) is 5.69 Å². The van der Waals surface area contributed by atoms with Crippen molar-refractivity contribution in [3.05, 3.63) is 90.0 Å². The van der Waals surface area contributed by atoms with Crippen LogP contribution in [-0.4, -0.2) is 15.2 Å². The van der Waals surface area contributed by atoms with Gasteiger partial charge in [0.1, 0.15) is 11.3 Å². The van der Waals surface area contributed by atoms with E-state index in [1.165, 1.54) is 11.8 Å². The second-order valence-corrected chi connectivity index (χ2v) is 12.2. The van der Waals surface area contributed by atoms with Gasteiger partial charge in [-0.15, -0.1) is 0 Å². The van der Waals surface area contributed by atoms with E-state index in [0.717, 1.165) is 27.5 Å². The lowest BCUT2D eigenvalue weighted by Crippen LogP contribution is -2.30. The van der Waals surface area contributed by atoms with Crippen LogP contribution in [0.2, 0.25) is 0 Å². The Morgan fingerprint density at radius 3 is 2.19 bits per heavy atom. The number of methoxy groups -OCH3 is 1. The molecule has 1 saturated heterocycles. The molecule has 31 heavy (non-hydrogen) atoms. The van der Waals surface area contributed by atoms with Crippen LogP contribution >= 0.6 is 58.2 Å². The highest BCUT2D eigenvalue weighted by Crippen LogP contribution is 2.73. The normalized spacial score (nSPS) is 25.6. The highest BCUT2D eigenvalue weighted by molar-refractivity contribution is 8.03. The highest BCUT2D eigenvalue weighted by Gasteiger charge is 2.77. The maximum Gasteiger partial charge on any atom is 0.219 e. The fraction of sp³-hybridized carbons (Fsp3) is 0.250. The van der Waals surface area contributed by atoms with Crippen molar-refractivity contribution < 1.29 is 4.74 Å². The molecule has 7 heteroatoms. The summed E-state index contributed by atoms with van der Waals surface area (Å²) in [5, 5.41) is 0. The second-order valence-electron chi connectivity index (χ2n) is 7.76. The average molecular weight is 511 g/mol. The predicted octanol–water partition coefficient (Wildman–Crippen LogP) is 7.95. The van der Waals surface area contributed by atoms with Gasteiger partial charge in [0.25, 0.3) is 0 Å². The third-order valence-corrected chi connectivity index (χ3v) is 9.21. The summed E-state index contributed by atoms with van der Waals surface area (Å²) in [6.45, 7) is 0. The number of hydrogen-bond donors (Lipinski definition) is 0. The summed E-state index contributed by atoms with van der Waals surface area (Å²) in [7, 11) is 1.65. The van der Waals surface area contributed by atoms with Crippen molar-refractivity contribution in [2.24, 2.45) is 0 Å².